The number of piperazine rings is 1. The summed E-state index contributed by atoms with van der Waals surface area (Å²) in [7, 11) is 0. The SMILES string of the molecule is CCNC(=O)CN1CCN(c2nc3ccccc3o2)CC1. The van der Waals surface area contributed by atoms with Crippen molar-refractivity contribution in [3.05, 3.63) is 24.3 Å². The fraction of sp³-hybridized carbons (Fsp3) is 0.467. The van der Waals surface area contributed by atoms with Gasteiger partial charge in [-0.3, -0.25) is 9.69 Å². The third-order valence-corrected chi connectivity index (χ3v) is 3.67. The van der Waals surface area contributed by atoms with Crippen LogP contribution in [-0.4, -0.2) is 55.1 Å². The molecule has 6 heteroatoms. The molecular formula is C15H20N4O2. The van der Waals surface area contributed by atoms with E-state index in [-0.39, 0.29) is 5.91 Å². The van der Waals surface area contributed by atoms with Crippen LogP contribution in [0.15, 0.2) is 28.7 Å². The van der Waals surface area contributed by atoms with Crippen molar-refractivity contribution in [1.82, 2.24) is 15.2 Å². The zero-order chi connectivity index (χ0) is 14.7. The molecule has 1 aromatic heterocycles. The van der Waals surface area contributed by atoms with E-state index < -0.39 is 0 Å². The van der Waals surface area contributed by atoms with Crippen molar-refractivity contribution in [2.75, 3.05) is 44.2 Å². The zero-order valence-electron chi connectivity index (χ0n) is 12.2. The Kier molecular flexibility index (Phi) is 4.06. The van der Waals surface area contributed by atoms with Crippen LogP contribution in [0.1, 0.15) is 6.92 Å². The van der Waals surface area contributed by atoms with Crippen molar-refractivity contribution in [2.24, 2.45) is 0 Å². The van der Waals surface area contributed by atoms with Crippen LogP contribution in [0, 0.1) is 0 Å². The van der Waals surface area contributed by atoms with Gasteiger partial charge in [-0.15, -0.1) is 0 Å². The van der Waals surface area contributed by atoms with Crippen molar-refractivity contribution in [3.8, 4) is 0 Å². The molecule has 1 aromatic carbocycles. The van der Waals surface area contributed by atoms with E-state index in [4.69, 9.17) is 4.42 Å². The van der Waals surface area contributed by atoms with Crippen LogP contribution in [0.5, 0.6) is 0 Å². The average molecular weight is 288 g/mol. The molecule has 0 saturated carbocycles. The van der Waals surface area contributed by atoms with Crippen molar-refractivity contribution in [2.45, 2.75) is 6.92 Å². The lowest BCUT2D eigenvalue weighted by Gasteiger charge is -2.33. The van der Waals surface area contributed by atoms with Gasteiger partial charge < -0.3 is 14.6 Å². The minimum absolute atomic E-state index is 0.0906. The standard InChI is InChI=1S/C15H20N4O2/c1-2-16-14(20)11-18-7-9-19(10-8-18)15-17-12-5-3-4-6-13(12)21-15/h3-6H,2,7-11H2,1H3,(H,16,20). The van der Waals surface area contributed by atoms with Crippen molar-refractivity contribution >= 4 is 23.0 Å². The predicted molar refractivity (Wildman–Crippen MR) is 81.3 cm³/mol. The number of rotatable bonds is 4. The number of likely N-dealkylation sites (N-methyl/N-ethyl adjacent to an activating group) is 1. The summed E-state index contributed by atoms with van der Waals surface area (Å²) in [6, 6.07) is 8.46. The van der Waals surface area contributed by atoms with Crippen LogP contribution in [0.2, 0.25) is 0 Å². The maximum atomic E-state index is 11.6. The number of para-hydroxylation sites is 2. The fourth-order valence-electron chi connectivity index (χ4n) is 2.55. The molecule has 1 N–H and O–H groups in total. The van der Waals surface area contributed by atoms with Gasteiger partial charge in [-0.2, -0.15) is 4.98 Å². The molecule has 0 bridgehead atoms. The molecule has 6 nitrogen and oxygen atoms in total. The number of anilines is 1. The van der Waals surface area contributed by atoms with E-state index >= 15 is 0 Å². The number of oxazole rings is 1. The summed E-state index contributed by atoms with van der Waals surface area (Å²) >= 11 is 0. The maximum Gasteiger partial charge on any atom is 0.298 e. The number of nitrogens with zero attached hydrogens (tertiary/aromatic N) is 3. The van der Waals surface area contributed by atoms with E-state index in [1.165, 1.54) is 0 Å². The van der Waals surface area contributed by atoms with Crippen LogP contribution < -0.4 is 10.2 Å². The van der Waals surface area contributed by atoms with Crippen LogP contribution >= 0.6 is 0 Å². The predicted octanol–water partition coefficient (Wildman–Crippen LogP) is 1.09. The van der Waals surface area contributed by atoms with E-state index in [9.17, 15) is 4.79 Å². The lowest BCUT2D eigenvalue weighted by molar-refractivity contribution is -0.122. The molecule has 2 heterocycles. The van der Waals surface area contributed by atoms with Gasteiger partial charge in [0.1, 0.15) is 5.52 Å². The number of carbonyl (C=O) groups excluding carboxylic acids is 1. The van der Waals surface area contributed by atoms with Gasteiger partial charge >= 0.3 is 0 Å². The largest absolute Gasteiger partial charge is 0.423 e. The number of carbonyl (C=O) groups is 1. The van der Waals surface area contributed by atoms with Crippen LogP contribution in [0.25, 0.3) is 11.1 Å². The summed E-state index contributed by atoms with van der Waals surface area (Å²) in [4.78, 5) is 20.4. The molecule has 3 rings (SSSR count). The second-order valence-corrected chi connectivity index (χ2v) is 5.18. The minimum atomic E-state index is 0.0906. The fourth-order valence-corrected chi connectivity index (χ4v) is 2.55. The van der Waals surface area contributed by atoms with Gasteiger partial charge in [0, 0.05) is 32.7 Å². The zero-order valence-corrected chi connectivity index (χ0v) is 12.2. The van der Waals surface area contributed by atoms with Crippen LogP contribution in [-0.2, 0) is 4.79 Å². The molecule has 1 aliphatic heterocycles. The van der Waals surface area contributed by atoms with Crippen LogP contribution in [0.3, 0.4) is 0 Å². The topological polar surface area (TPSA) is 61.6 Å². The van der Waals surface area contributed by atoms with Gasteiger partial charge in [-0.25, -0.2) is 0 Å². The Labute approximate surface area is 123 Å². The minimum Gasteiger partial charge on any atom is -0.423 e. The highest BCUT2D eigenvalue weighted by atomic mass is 16.4. The van der Waals surface area contributed by atoms with Gasteiger partial charge in [0.05, 0.1) is 6.54 Å². The molecule has 0 spiro atoms. The van der Waals surface area contributed by atoms with E-state index in [1.807, 2.05) is 31.2 Å². The van der Waals surface area contributed by atoms with Gasteiger partial charge in [-0.1, -0.05) is 12.1 Å². The van der Waals surface area contributed by atoms with Crippen LogP contribution in [0.4, 0.5) is 6.01 Å². The maximum absolute atomic E-state index is 11.6. The van der Waals surface area contributed by atoms with Crippen molar-refractivity contribution < 1.29 is 9.21 Å². The Morgan fingerprint density at radius 3 is 2.76 bits per heavy atom. The smallest absolute Gasteiger partial charge is 0.298 e. The van der Waals surface area contributed by atoms with Crippen molar-refractivity contribution in [1.29, 1.82) is 0 Å². The molecule has 1 fully saturated rings. The Hall–Kier alpha value is -2.08. The first-order valence-electron chi connectivity index (χ1n) is 7.36. The molecule has 1 amide bonds. The molecule has 0 unspecified atom stereocenters. The molecule has 1 saturated heterocycles. The van der Waals surface area contributed by atoms with E-state index in [0.717, 1.165) is 37.3 Å². The highest BCUT2D eigenvalue weighted by Crippen LogP contribution is 2.22. The highest BCUT2D eigenvalue weighted by molar-refractivity contribution is 5.78. The normalized spacial score (nSPS) is 16.3. The number of fused-ring (bicyclic) bond motifs is 1. The summed E-state index contributed by atoms with van der Waals surface area (Å²) in [5.74, 6) is 0.0906. The summed E-state index contributed by atoms with van der Waals surface area (Å²) in [6.07, 6.45) is 0. The van der Waals surface area contributed by atoms with Gasteiger partial charge in [0.25, 0.3) is 6.01 Å². The summed E-state index contributed by atoms with van der Waals surface area (Å²) in [5.41, 5.74) is 1.70. The Bertz CT molecular complexity index is 584. The third-order valence-electron chi connectivity index (χ3n) is 3.67. The number of hydrogen-bond acceptors (Lipinski definition) is 5. The lowest BCUT2D eigenvalue weighted by Crippen LogP contribution is -2.49. The number of hydrogen-bond donors (Lipinski definition) is 1. The number of amides is 1. The summed E-state index contributed by atoms with van der Waals surface area (Å²) < 4.78 is 5.78. The number of benzene rings is 1. The van der Waals surface area contributed by atoms with E-state index in [0.29, 0.717) is 19.1 Å². The number of nitrogens with one attached hydrogen (secondary N) is 1. The first-order valence-corrected chi connectivity index (χ1v) is 7.36. The second-order valence-electron chi connectivity index (χ2n) is 5.18. The van der Waals surface area contributed by atoms with Crippen molar-refractivity contribution in [3.63, 3.8) is 0 Å². The van der Waals surface area contributed by atoms with Gasteiger partial charge in [-0.05, 0) is 19.1 Å². The molecule has 0 radical (unpaired) electrons. The molecule has 1 aliphatic rings. The highest BCUT2D eigenvalue weighted by Gasteiger charge is 2.22. The quantitative estimate of drug-likeness (QED) is 0.912. The molecular weight excluding hydrogens is 268 g/mol. The summed E-state index contributed by atoms with van der Waals surface area (Å²) in [5, 5.41) is 2.83. The first-order chi connectivity index (χ1) is 10.3. The first kappa shape index (κ1) is 13.9. The summed E-state index contributed by atoms with van der Waals surface area (Å²) in [6.45, 7) is 6.42. The molecule has 21 heavy (non-hydrogen) atoms. The molecule has 0 atom stereocenters. The second kappa shape index (κ2) is 6.13. The van der Waals surface area contributed by atoms with E-state index in [2.05, 4.69) is 20.1 Å². The van der Waals surface area contributed by atoms with Gasteiger partial charge in [0.2, 0.25) is 5.91 Å². The number of aromatic nitrogens is 1. The molecule has 112 valence electrons. The van der Waals surface area contributed by atoms with E-state index in [1.54, 1.807) is 0 Å². The van der Waals surface area contributed by atoms with Gasteiger partial charge in [0.15, 0.2) is 5.58 Å². The Morgan fingerprint density at radius 2 is 2.05 bits per heavy atom. The Morgan fingerprint density at radius 1 is 1.29 bits per heavy atom. The lowest BCUT2D eigenvalue weighted by atomic mass is 10.3. The Balaban J connectivity index is 1.59. The molecule has 0 aliphatic carbocycles. The third kappa shape index (κ3) is 3.16. The average Bonchev–Trinajstić information content (AvgIpc) is 2.92. The monoisotopic (exact) mass is 288 g/mol. The molecule has 2 aromatic rings.